The summed E-state index contributed by atoms with van der Waals surface area (Å²) in [6, 6.07) is 21.9. The number of aromatic hydroxyl groups is 2. The van der Waals surface area contributed by atoms with Crippen molar-refractivity contribution in [2.24, 2.45) is 0 Å². The molecule has 3 aromatic rings. The Morgan fingerprint density at radius 2 is 1.64 bits per heavy atom. The number of benzene rings is 3. The normalized spacial score (nSPS) is 20.8. The van der Waals surface area contributed by atoms with Crippen LogP contribution in [-0.2, 0) is 6.42 Å². The third kappa shape index (κ3) is 4.86. The van der Waals surface area contributed by atoms with Crippen LogP contribution in [-0.4, -0.2) is 41.4 Å². The van der Waals surface area contributed by atoms with E-state index in [4.69, 9.17) is 4.74 Å². The van der Waals surface area contributed by atoms with Crippen LogP contribution in [0.15, 0.2) is 66.7 Å². The average molecular weight is 444 g/mol. The number of ether oxygens (including phenoxy) is 1. The molecule has 172 valence electrons. The summed E-state index contributed by atoms with van der Waals surface area (Å²) >= 11 is 0. The summed E-state index contributed by atoms with van der Waals surface area (Å²) < 4.78 is 6.05. The number of likely N-dealkylation sites (tertiary alicyclic amines) is 1. The first-order chi connectivity index (χ1) is 16.2. The molecular weight excluding hydrogens is 410 g/mol. The average Bonchev–Trinajstić information content (AvgIpc) is 2.85. The summed E-state index contributed by atoms with van der Waals surface area (Å²) in [4.78, 5) is 2.49. The van der Waals surface area contributed by atoms with Gasteiger partial charge in [-0.3, -0.25) is 4.90 Å². The Balaban J connectivity index is 1.38. The first kappa shape index (κ1) is 21.8. The highest BCUT2D eigenvalue weighted by molar-refractivity contribution is 5.50. The maximum absolute atomic E-state index is 10.6. The second-order valence-electron chi connectivity index (χ2n) is 9.38. The molecule has 0 spiro atoms. The van der Waals surface area contributed by atoms with Crippen molar-refractivity contribution < 1.29 is 14.9 Å². The van der Waals surface area contributed by atoms with E-state index in [1.165, 1.54) is 49.0 Å². The minimum absolute atomic E-state index is 0.116. The Morgan fingerprint density at radius 1 is 0.848 bits per heavy atom. The van der Waals surface area contributed by atoms with Crippen LogP contribution in [0.5, 0.6) is 17.2 Å². The fourth-order valence-corrected chi connectivity index (χ4v) is 5.60. The van der Waals surface area contributed by atoms with E-state index >= 15 is 0 Å². The molecule has 1 saturated heterocycles. The van der Waals surface area contributed by atoms with Gasteiger partial charge in [0.05, 0.1) is 0 Å². The molecule has 1 aliphatic heterocycles. The molecular formula is C29H33NO3. The zero-order valence-electron chi connectivity index (χ0n) is 19.1. The Kier molecular flexibility index (Phi) is 6.54. The molecule has 0 saturated carbocycles. The smallest absolute Gasteiger partial charge is 0.119 e. The van der Waals surface area contributed by atoms with Gasteiger partial charge in [-0.1, -0.05) is 42.8 Å². The van der Waals surface area contributed by atoms with Crippen LogP contribution in [0.3, 0.4) is 0 Å². The van der Waals surface area contributed by atoms with Gasteiger partial charge in [-0.15, -0.1) is 0 Å². The predicted molar refractivity (Wildman–Crippen MR) is 131 cm³/mol. The molecule has 2 aliphatic rings. The van der Waals surface area contributed by atoms with Gasteiger partial charge in [-0.25, -0.2) is 0 Å². The number of para-hydroxylation sites is 1. The van der Waals surface area contributed by atoms with E-state index in [9.17, 15) is 10.2 Å². The van der Waals surface area contributed by atoms with E-state index in [2.05, 4.69) is 29.2 Å². The van der Waals surface area contributed by atoms with E-state index < -0.39 is 0 Å². The van der Waals surface area contributed by atoms with E-state index in [-0.39, 0.29) is 11.8 Å². The largest absolute Gasteiger partial charge is 0.508 e. The molecule has 2 atom stereocenters. The van der Waals surface area contributed by atoms with E-state index in [0.29, 0.717) is 18.1 Å². The Labute approximate surface area is 196 Å². The SMILES string of the molecule is Oc1ccc2c(c1)CCC(c1ccccc1O)C2c1ccc(OCCN2CCCCC2)cc1. The number of nitrogens with zero attached hydrogens (tertiary/aromatic N) is 1. The predicted octanol–water partition coefficient (Wildman–Crippen LogP) is 5.82. The third-order valence-corrected chi connectivity index (χ3v) is 7.29. The highest BCUT2D eigenvalue weighted by Gasteiger charge is 2.33. The van der Waals surface area contributed by atoms with Crippen LogP contribution in [0.1, 0.15) is 59.8 Å². The number of piperidine rings is 1. The molecule has 5 rings (SSSR count). The molecule has 1 aliphatic carbocycles. The summed E-state index contributed by atoms with van der Waals surface area (Å²) in [6.07, 6.45) is 5.76. The van der Waals surface area contributed by atoms with Crippen LogP contribution >= 0.6 is 0 Å². The van der Waals surface area contributed by atoms with E-state index in [1.54, 1.807) is 12.1 Å². The van der Waals surface area contributed by atoms with Gasteiger partial charge in [0.15, 0.2) is 0 Å². The molecule has 4 heteroatoms. The molecule has 2 N–H and O–H groups in total. The van der Waals surface area contributed by atoms with Gasteiger partial charge < -0.3 is 14.9 Å². The van der Waals surface area contributed by atoms with Gasteiger partial charge in [0.2, 0.25) is 0 Å². The van der Waals surface area contributed by atoms with Crippen molar-refractivity contribution in [3.63, 3.8) is 0 Å². The van der Waals surface area contributed by atoms with Gasteiger partial charge in [-0.05, 0) is 97.3 Å². The summed E-state index contributed by atoms with van der Waals surface area (Å²) in [7, 11) is 0. The summed E-state index contributed by atoms with van der Waals surface area (Å²) in [5.74, 6) is 1.86. The third-order valence-electron chi connectivity index (χ3n) is 7.29. The molecule has 33 heavy (non-hydrogen) atoms. The van der Waals surface area contributed by atoms with Crippen LogP contribution in [0, 0.1) is 0 Å². The Hall–Kier alpha value is -2.98. The van der Waals surface area contributed by atoms with Crippen LogP contribution in [0.4, 0.5) is 0 Å². The van der Waals surface area contributed by atoms with Crippen LogP contribution in [0.25, 0.3) is 0 Å². The number of hydrogen-bond donors (Lipinski definition) is 2. The molecule has 0 radical (unpaired) electrons. The first-order valence-corrected chi connectivity index (χ1v) is 12.2. The van der Waals surface area contributed by atoms with Gasteiger partial charge in [0, 0.05) is 12.5 Å². The van der Waals surface area contributed by atoms with E-state index in [0.717, 1.165) is 30.7 Å². The number of fused-ring (bicyclic) bond motifs is 1. The highest BCUT2D eigenvalue weighted by atomic mass is 16.5. The molecule has 2 unspecified atom stereocenters. The highest BCUT2D eigenvalue weighted by Crippen LogP contribution is 2.48. The minimum Gasteiger partial charge on any atom is -0.508 e. The standard InChI is InChI=1S/C29H33NO3/c31-23-11-15-25-22(20-23)10-14-27(26-6-2-3-7-28(26)32)29(25)21-8-12-24(13-9-21)33-19-18-30-16-4-1-5-17-30/h2-3,6-9,11-13,15,20,27,29,31-32H,1,4-5,10,14,16-19H2. The number of phenolic OH excluding ortho intramolecular Hbond substituents is 2. The number of phenols is 2. The molecule has 4 nitrogen and oxygen atoms in total. The van der Waals surface area contributed by atoms with Gasteiger partial charge in [0.25, 0.3) is 0 Å². The lowest BCUT2D eigenvalue weighted by molar-refractivity contribution is 0.183. The monoisotopic (exact) mass is 443 g/mol. The molecule has 1 heterocycles. The fourth-order valence-electron chi connectivity index (χ4n) is 5.60. The zero-order valence-corrected chi connectivity index (χ0v) is 19.1. The van der Waals surface area contributed by atoms with Crippen molar-refractivity contribution in [1.29, 1.82) is 0 Å². The fraction of sp³-hybridized carbons (Fsp3) is 0.379. The topological polar surface area (TPSA) is 52.9 Å². The lowest BCUT2D eigenvalue weighted by Gasteiger charge is -2.35. The van der Waals surface area contributed by atoms with Crippen LogP contribution in [0.2, 0.25) is 0 Å². The molecule has 0 aromatic heterocycles. The summed E-state index contributed by atoms with van der Waals surface area (Å²) in [5.41, 5.74) is 4.61. The molecule has 0 amide bonds. The van der Waals surface area contributed by atoms with Crippen molar-refractivity contribution in [3.05, 3.63) is 89.0 Å². The minimum atomic E-state index is 0.116. The van der Waals surface area contributed by atoms with Crippen molar-refractivity contribution >= 4 is 0 Å². The van der Waals surface area contributed by atoms with Crippen molar-refractivity contribution in [2.45, 2.75) is 43.9 Å². The van der Waals surface area contributed by atoms with E-state index in [1.807, 2.05) is 30.3 Å². The summed E-state index contributed by atoms with van der Waals surface area (Å²) in [5, 5.41) is 20.6. The zero-order chi connectivity index (χ0) is 22.6. The Morgan fingerprint density at radius 3 is 2.42 bits per heavy atom. The second-order valence-corrected chi connectivity index (χ2v) is 9.38. The maximum Gasteiger partial charge on any atom is 0.119 e. The number of aryl methyl sites for hydroxylation is 1. The number of hydrogen-bond acceptors (Lipinski definition) is 4. The molecule has 1 fully saturated rings. The Bertz CT molecular complexity index is 1070. The lowest BCUT2D eigenvalue weighted by Crippen LogP contribution is -2.33. The second kappa shape index (κ2) is 9.88. The van der Waals surface area contributed by atoms with Crippen molar-refractivity contribution in [3.8, 4) is 17.2 Å². The number of rotatable bonds is 6. The van der Waals surface area contributed by atoms with Gasteiger partial charge in [-0.2, -0.15) is 0 Å². The summed E-state index contributed by atoms with van der Waals surface area (Å²) in [6.45, 7) is 4.07. The lowest BCUT2D eigenvalue weighted by atomic mass is 9.69. The maximum atomic E-state index is 10.6. The van der Waals surface area contributed by atoms with Crippen LogP contribution < -0.4 is 4.74 Å². The quantitative estimate of drug-likeness (QED) is 0.504. The van der Waals surface area contributed by atoms with Gasteiger partial charge in [0.1, 0.15) is 23.9 Å². The molecule has 3 aromatic carbocycles. The van der Waals surface area contributed by atoms with Gasteiger partial charge >= 0.3 is 0 Å². The van der Waals surface area contributed by atoms with Crippen molar-refractivity contribution in [2.75, 3.05) is 26.2 Å². The first-order valence-electron chi connectivity index (χ1n) is 12.2. The molecule has 0 bridgehead atoms. The van der Waals surface area contributed by atoms with Crippen molar-refractivity contribution in [1.82, 2.24) is 4.90 Å².